The molecule has 1 aliphatic rings. The highest BCUT2D eigenvalue weighted by Gasteiger charge is 2.24. The van der Waals surface area contributed by atoms with Gasteiger partial charge in [-0.3, -0.25) is 4.79 Å². The van der Waals surface area contributed by atoms with Crippen molar-refractivity contribution in [3.63, 3.8) is 0 Å². The summed E-state index contributed by atoms with van der Waals surface area (Å²) in [6, 6.07) is 9.58. The molecule has 1 aromatic rings. The predicted octanol–water partition coefficient (Wildman–Crippen LogP) is 2.75. The highest BCUT2D eigenvalue weighted by molar-refractivity contribution is 5.77. The molecule has 0 spiro atoms. The molecule has 0 atom stereocenters. The van der Waals surface area contributed by atoms with E-state index in [0.29, 0.717) is 52.2 Å². The van der Waals surface area contributed by atoms with E-state index in [2.05, 4.69) is 26.1 Å². The Hall–Kier alpha value is -2.24. The fraction of sp³-hybridized carbons (Fsp3) is 0.600. The Balaban J connectivity index is 1.62. The molecule has 1 N–H and O–H groups in total. The smallest absolute Gasteiger partial charge is 0.317 e. The summed E-state index contributed by atoms with van der Waals surface area (Å²) in [4.78, 5) is 28.1. The molecule has 6 nitrogen and oxygen atoms in total. The lowest BCUT2D eigenvalue weighted by atomic mass is 9.97. The van der Waals surface area contributed by atoms with Crippen molar-refractivity contribution in [1.29, 1.82) is 0 Å². The quantitative estimate of drug-likeness (QED) is 0.793. The molecule has 0 bridgehead atoms. The zero-order valence-corrected chi connectivity index (χ0v) is 16.2. The monoisotopic (exact) mass is 361 g/mol. The van der Waals surface area contributed by atoms with Crippen molar-refractivity contribution < 1.29 is 14.3 Å². The summed E-state index contributed by atoms with van der Waals surface area (Å²) in [7, 11) is 0. The van der Waals surface area contributed by atoms with Crippen LogP contribution in [-0.2, 0) is 4.79 Å². The molecule has 3 amide bonds. The van der Waals surface area contributed by atoms with Gasteiger partial charge in [-0.15, -0.1) is 0 Å². The van der Waals surface area contributed by atoms with Gasteiger partial charge in [0.25, 0.3) is 0 Å². The van der Waals surface area contributed by atoms with Crippen molar-refractivity contribution >= 4 is 11.9 Å². The van der Waals surface area contributed by atoms with Crippen LogP contribution in [0.15, 0.2) is 30.3 Å². The van der Waals surface area contributed by atoms with Crippen molar-refractivity contribution in [3.8, 4) is 5.75 Å². The van der Waals surface area contributed by atoms with Crippen LogP contribution in [0.3, 0.4) is 0 Å². The van der Waals surface area contributed by atoms with Gasteiger partial charge in [0.15, 0.2) is 0 Å². The van der Waals surface area contributed by atoms with E-state index < -0.39 is 0 Å². The number of carbonyl (C=O) groups excluding carboxylic acids is 2. The average molecular weight is 361 g/mol. The van der Waals surface area contributed by atoms with Gasteiger partial charge in [-0.2, -0.15) is 0 Å². The number of carbonyl (C=O) groups is 2. The second-order valence-electron chi connectivity index (χ2n) is 7.85. The van der Waals surface area contributed by atoms with Gasteiger partial charge in [-0.05, 0) is 24.0 Å². The number of nitrogens with zero attached hydrogens (tertiary/aromatic N) is 2. The summed E-state index contributed by atoms with van der Waals surface area (Å²) in [6.07, 6.45) is 1.17. The van der Waals surface area contributed by atoms with E-state index in [4.69, 9.17) is 4.74 Å². The standard InChI is InChI=1S/C20H31N3O3/c1-20(2,3)16-21-19(25)23-13-11-22(12-14-23)18(24)10-7-15-26-17-8-5-4-6-9-17/h4-6,8-9H,7,10-16H2,1-3H3,(H,21,25). The molecule has 0 radical (unpaired) electrons. The Kier molecular flexibility index (Phi) is 7.30. The second kappa shape index (κ2) is 9.46. The normalized spacial score (nSPS) is 14.9. The molecular formula is C20H31N3O3. The van der Waals surface area contributed by atoms with E-state index in [0.717, 1.165) is 5.75 Å². The summed E-state index contributed by atoms with van der Waals surface area (Å²) >= 11 is 0. The van der Waals surface area contributed by atoms with Gasteiger partial charge in [-0.1, -0.05) is 39.0 Å². The van der Waals surface area contributed by atoms with E-state index >= 15 is 0 Å². The first-order chi connectivity index (χ1) is 12.3. The lowest BCUT2D eigenvalue weighted by Crippen LogP contribution is -2.53. The summed E-state index contributed by atoms with van der Waals surface area (Å²) in [5, 5.41) is 2.96. The predicted molar refractivity (Wildman–Crippen MR) is 102 cm³/mol. The Labute approximate surface area is 156 Å². The first-order valence-electron chi connectivity index (χ1n) is 9.33. The number of amides is 3. The fourth-order valence-corrected chi connectivity index (χ4v) is 2.70. The number of para-hydroxylation sites is 1. The van der Waals surface area contributed by atoms with E-state index in [1.165, 1.54) is 0 Å². The Bertz CT molecular complexity index is 576. The molecule has 6 heteroatoms. The summed E-state index contributed by atoms with van der Waals surface area (Å²) in [6.45, 7) is 9.81. The summed E-state index contributed by atoms with van der Waals surface area (Å²) in [5.41, 5.74) is 0.0648. The fourth-order valence-electron chi connectivity index (χ4n) is 2.70. The van der Waals surface area contributed by atoms with Crippen molar-refractivity contribution in [2.45, 2.75) is 33.6 Å². The SMILES string of the molecule is CC(C)(C)CNC(=O)N1CCN(C(=O)CCCOc2ccccc2)CC1. The third kappa shape index (κ3) is 6.94. The minimum atomic E-state index is -0.0386. The number of rotatable bonds is 6. The minimum absolute atomic E-state index is 0.0386. The maximum Gasteiger partial charge on any atom is 0.317 e. The number of hydrogen-bond acceptors (Lipinski definition) is 3. The van der Waals surface area contributed by atoms with Gasteiger partial charge in [0.05, 0.1) is 6.61 Å². The Morgan fingerprint density at radius 1 is 1.04 bits per heavy atom. The van der Waals surface area contributed by atoms with Crippen LogP contribution in [0.1, 0.15) is 33.6 Å². The summed E-state index contributed by atoms with van der Waals surface area (Å²) < 4.78 is 5.61. The van der Waals surface area contributed by atoms with Gasteiger partial charge in [0, 0.05) is 39.1 Å². The van der Waals surface area contributed by atoms with Crippen LogP contribution in [0.25, 0.3) is 0 Å². The van der Waals surface area contributed by atoms with Gasteiger partial charge in [0.2, 0.25) is 5.91 Å². The minimum Gasteiger partial charge on any atom is -0.494 e. The molecule has 0 saturated carbocycles. The number of ether oxygens (including phenoxy) is 1. The van der Waals surface area contributed by atoms with E-state index in [1.54, 1.807) is 4.90 Å². The molecule has 0 unspecified atom stereocenters. The zero-order valence-electron chi connectivity index (χ0n) is 16.2. The molecule has 144 valence electrons. The van der Waals surface area contributed by atoms with Gasteiger partial charge in [-0.25, -0.2) is 4.79 Å². The van der Waals surface area contributed by atoms with Gasteiger partial charge >= 0.3 is 6.03 Å². The third-order valence-electron chi connectivity index (χ3n) is 4.24. The average Bonchev–Trinajstić information content (AvgIpc) is 2.63. The maximum atomic E-state index is 12.3. The maximum absolute atomic E-state index is 12.3. The highest BCUT2D eigenvalue weighted by atomic mass is 16.5. The topological polar surface area (TPSA) is 61.9 Å². The third-order valence-corrected chi connectivity index (χ3v) is 4.24. The molecule has 2 rings (SSSR count). The van der Waals surface area contributed by atoms with Crippen molar-refractivity contribution in [1.82, 2.24) is 15.1 Å². The molecule has 1 heterocycles. The van der Waals surface area contributed by atoms with Crippen LogP contribution in [-0.4, -0.2) is 61.1 Å². The number of piperazine rings is 1. The van der Waals surface area contributed by atoms with Crippen LogP contribution >= 0.6 is 0 Å². The molecule has 0 aliphatic carbocycles. The molecule has 1 aliphatic heterocycles. The summed E-state index contributed by atoms with van der Waals surface area (Å²) in [5.74, 6) is 0.964. The first-order valence-corrected chi connectivity index (χ1v) is 9.33. The van der Waals surface area contributed by atoms with Crippen LogP contribution in [0.4, 0.5) is 4.79 Å². The van der Waals surface area contributed by atoms with E-state index in [9.17, 15) is 9.59 Å². The van der Waals surface area contributed by atoms with E-state index in [1.807, 2.05) is 35.2 Å². The lowest BCUT2D eigenvalue weighted by Gasteiger charge is -2.35. The molecule has 26 heavy (non-hydrogen) atoms. The van der Waals surface area contributed by atoms with Crippen LogP contribution < -0.4 is 10.1 Å². The Morgan fingerprint density at radius 2 is 1.65 bits per heavy atom. The molecule has 0 aromatic heterocycles. The van der Waals surface area contributed by atoms with Crippen molar-refractivity contribution in [2.24, 2.45) is 5.41 Å². The van der Waals surface area contributed by atoms with Gasteiger partial charge < -0.3 is 19.9 Å². The van der Waals surface area contributed by atoms with Crippen LogP contribution in [0.5, 0.6) is 5.75 Å². The van der Waals surface area contributed by atoms with Crippen molar-refractivity contribution in [2.75, 3.05) is 39.3 Å². The lowest BCUT2D eigenvalue weighted by molar-refractivity contribution is -0.132. The number of hydrogen-bond donors (Lipinski definition) is 1. The molecule has 1 fully saturated rings. The second-order valence-corrected chi connectivity index (χ2v) is 7.85. The van der Waals surface area contributed by atoms with Crippen molar-refractivity contribution in [3.05, 3.63) is 30.3 Å². The molecule has 1 aromatic carbocycles. The number of benzene rings is 1. The van der Waals surface area contributed by atoms with Crippen LogP contribution in [0.2, 0.25) is 0 Å². The molecular weight excluding hydrogens is 330 g/mol. The number of nitrogens with one attached hydrogen (secondary N) is 1. The first kappa shape index (κ1) is 20.1. The van der Waals surface area contributed by atoms with Gasteiger partial charge in [0.1, 0.15) is 5.75 Å². The zero-order chi connectivity index (χ0) is 19.0. The Morgan fingerprint density at radius 3 is 2.27 bits per heavy atom. The highest BCUT2D eigenvalue weighted by Crippen LogP contribution is 2.12. The number of urea groups is 1. The van der Waals surface area contributed by atoms with Crippen LogP contribution in [0, 0.1) is 5.41 Å². The van der Waals surface area contributed by atoms with E-state index in [-0.39, 0.29) is 17.4 Å². The largest absolute Gasteiger partial charge is 0.494 e. The molecule has 1 saturated heterocycles.